The first-order valence-corrected chi connectivity index (χ1v) is 4.49. The summed E-state index contributed by atoms with van der Waals surface area (Å²) in [5.41, 5.74) is 1.48. The summed E-state index contributed by atoms with van der Waals surface area (Å²) < 4.78 is 9.73. The molecule has 15 heavy (non-hydrogen) atoms. The van der Waals surface area contributed by atoms with Gasteiger partial charge in [0.2, 0.25) is 0 Å². The molecule has 0 amide bonds. The molecule has 2 atom stereocenters. The van der Waals surface area contributed by atoms with E-state index in [0.29, 0.717) is 5.56 Å². The summed E-state index contributed by atoms with van der Waals surface area (Å²) in [6.45, 7) is 0. The molecule has 1 heterocycles. The molecule has 1 saturated heterocycles. The van der Waals surface area contributed by atoms with Crippen molar-refractivity contribution in [1.29, 1.82) is 5.26 Å². The summed E-state index contributed by atoms with van der Waals surface area (Å²) in [4.78, 5) is 11.1. The van der Waals surface area contributed by atoms with Crippen LogP contribution in [0.15, 0.2) is 24.3 Å². The van der Waals surface area contributed by atoms with E-state index in [1.54, 1.807) is 24.3 Å². The minimum Gasteiger partial charge on any atom is -0.467 e. The number of esters is 1. The van der Waals surface area contributed by atoms with Crippen LogP contribution in [-0.4, -0.2) is 19.2 Å². The molecule has 0 radical (unpaired) electrons. The van der Waals surface area contributed by atoms with E-state index in [9.17, 15) is 4.79 Å². The molecular weight excluding hydrogens is 194 g/mol. The van der Waals surface area contributed by atoms with Crippen molar-refractivity contribution in [3.8, 4) is 6.07 Å². The fraction of sp³-hybridized carbons (Fsp3) is 0.273. The predicted octanol–water partition coefficient (Wildman–Crippen LogP) is 1.17. The molecule has 1 aromatic rings. The molecule has 0 spiro atoms. The van der Waals surface area contributed by atoms with Gasteiger partial charge in [-0.2, -0.15) is 5.26 Å². The van der Waals surface area contributed by atoms with Crippen LogP contribution in [0.5, 0.6) is 0 Å². The van der Waals surface area contributed by atoms with Crippen molar-refractivity contribution < 1.29 is 14.3 Å². The number of epoxide rings is 1. The van der Waals surface area contributed by atoms with E-state index < -0.39 is 6.10 Å². The third-order valence-electron chi connectivity index (χ3n) is 2.29. The number of hydrogen-bond acceptors (Lipinski definition) is 4. The van der Waals surface area contributed by atoms with Gasteiger partial charge in [-0.25, -0.2) is 4.79 Å². The summed E-state index contributed by atoms with van der Waals surface area (Å²) in [7, 11) is 1.33. The number of rotatable bonds is 2. The van der Waals surface area contributed by atoms with E-state index >= 15 is 0 Å². The first-order valence-electron chi connectivity index (χ1n) is 4.49. The van der Waals surface area contributed by atoms with Crippen molar-refractivity contribution in [1.82, 2.24) is 0 Å². The minimum absolute atomic E-state index is 0.217. The summed E-state index contributed by atoms with van der Waals surface area (Å²) in [6.07, 6.45) is -0.701. The average Bonchev–Trinajstić information content (AvgIpc) is 3.08. The van der Waals surface area contributed by atoms with Gasteiger partial charge in [-0.15, -0.1) is 0 Å². The monoisotopic (exact) mass is 203 g/mol. The molecule has 1 aliphatic heterocycles. The molecule has 1 fully saturated rings. The van der Waals surface area contributed by atoms with Gasteiger partial charge in [0.25, 0.3) is 0 Å². The second-order valence-electron chi connectivity index (χ2n) is 3.23. The summed E-state index contributed by atoms with van der Waals surface area (Å²) >= 11 is 0. The highest BCUT2D eigenvalue weighted by atomic mass is 16.6. The first-order chi connectivity index (χ1) is 7.26. The lowest BCUT2D eigenvalue weighted by Crippen LogP contribution is -2.09. The van der Waals surface area contributed by atoms with Gasteiger partial charge in [-0.05, 0) is 17.7 Å². The molecule has 4 heteroatoms. The number of benzene rings is 1. The summed E-state index contributed by atoms with van der Waals surface area (Å²) in [5, 5.41) is 8.61. The van der Waals surface area contributed by atoms with Gasteiger partial charge in [0, 0.05) is 0 Å². The van der Waals surface area contributed by atoms with Crippen molar-refractivity contribution in [3.63, 3.8) is 0 Å². The van der Waals surface area contributed by atoms with Gasteiger partial charge < -0.3 is 9.47 Å². The Hall–Kier alpha value is -1.86. The topological polar surface area (TPSA) is 62.6 Å². The second-order valence-corrected chi connectivity index (χ2v) is 3.23. The SMILES string of the molecule is COC(=O)[C@@H]1O[C@H]1c1ccc(C#N)cc1. The van der Waals surface area contributed by atoms with Crippen molar-refractivity contribution in [2.75, 3.05) is 7.11 Å². The smallest absolute Gasteiger partial charge is 0.338 e. The van der Waals surface area contributed by atoms with Gasteiger partial charge in [0.15, 0.2) is 6.10 Å². The number of methoxy groups -OCH3 is 1. The number of ether oxygens (including phenoxy) is 2. The maximum atomic E-state index is 11.1. The van der Waals surface area contributed by atoms with Gasteiger partial charge >= 0.3 is 5.97 Å². The van der Waals surface area contributed by atoms with Crippen LogP contribution in [0.2, 0.25) is 0 Å². The minimum atomic E-state index is -0.483. The summed E-state index contributed by atoms with van der Waals surface area (Å²) in [5.74, 6) is -0.357. The molecule has 0 aliphatic carbocycles. The van der Waals surface area contributed by atoms with Crippen LogP contribution in [0.3, 0.4) is 0 Å². The van der Waals surface area contributed by atoms with Crippen LogP contribution in [-0.2, 0) is 14.3 Å². The Kier molecular flexibility index (Phi) is 2.40. The molecule has 0 bridgehead atoms. The number of nitriles is 1. The Labute approximate surface area is 87.0 Å². The lowest BCUT2D eigenvalue weighted by Gasteiger charge is -1.95. The lowest BCUT2D eigenvalue weighted by atomic mass is 10.1. The molecule has 0 aromatic heterocycles. The van der Waals surface area contributed by atoms with Crippen LogP contribution in [0.4, 0.5) is 0 Å². The normalized spacial score (nSPS) is 22.9. The number of hydrogen-bond donors (Lipinski definition) is 0. The zero-order chi connectivity index (χ0) is 10.8. The molecule has 0 unspecified atom stereocenters. The Bertz CT molecular complexity index is 418. The van der Waals surface area contributed by atoms with Crippen LogP contribution < -0.4 is 0 Å². The standard InChI is InChI=1S/C11H9NO3/c1-14-11(13)10-9(15-10)8-4-2-7(6-12)3-5-8/h2-5,9-10H,1H3/t9-,10+/m0/s1. The molecule has 1 aliphatic rings. The number of carbonyl (C=O) groups is 1. The molecule has 4 nitrogen and oxygen atoms in total. The molecule has 0 saturated carbocycles. The lowest BCUT2D eigenvalue weighted by molar-refractivity contribution is -0.142. The van der Waals surface area contributed by atoms with Crippen LogP contribution in [0, 0.1) is 11.3 Å². The van der Waals surface area contributed by atoms with E-state index in [1.165, 1.54) is 7.11 Å². The van der Waals surface area contributed by atoms with Crippen LogP contribution >= 0.6 is 0 Å². The highest BCUT2D eigenvalue weighted by Crippen LogP contribution is 2.39. The fourth-order valence-electron chi connectivity index (χ4n) is 1.41. The van der Waals surface area contributed by atoms with Crippen LogP contribution in [0.25, 0.3) is 0 Å². The van der Waals surface area contributed by atoms with E-state index in [4.69, 9.17) is 10.00 Å². The van der Waals surface area contributed by atoms with E-state index in [2.05, 4.69) is 4.74 Å². The molecule has 2 rings (SSSR count). The van der Waals surface area contributed by atoms with E-state index in [1.807, 2.05) is 6.07 Å². The van der Waals surface area contributed by atoms with Crippen molar-refractivity contribution in [2.24, 2.45) is 0 Å². The van der Waals surface area contributed by atoms with E-state index in [0.717, 1.165) is 5.56 Å². The maximum absolute atomic E-state index is 11.1. The second kappa shape index (κ2) is 3.71. The van der Waals surface area contributed by atoms with Crippen molar-refractivity contribution >= 4 is 5.97 Å². The molecule has 76 valence electrons. The number of carbonyl (C=O) groups excluding carboxylic acids is 1. The maximum Gasteiger partial charge on any atom is 0.338 e. The molecular formula is C11H9NO3. The predicted molar refractivity (Wildman–Crippen MR) is 50.8 cm³/mol. The van der Waals surface area contributed by atoms with Crippen molar-refractivity contribution in [3.05, 3.63) is 35.4 Å². The molecule has 0 N–H and O–H groups in total. The Morgan fingerprint density at radius 2 is 2.13 bits per heavy atom. The highest BCUT2D eigenvalue weighted by molar-refractivity contribution is 5.78. The van der Waals surface area contributed by atoms with Crippen molar-refractivity contribution in [2.45, 2.75) is 12.2 Å². The highest BCUT2D eigenvalue weighted by Gasteiger charge is 2.47. The zero-order valence-electron chi connectivity index (χ0n) is 8.14. The van der Waals surface area contributed by atoms with Gasteiger partial charge in [-0.1, -0.05) is 12.1 Å². The quantitative estimate of drug-likeness (QED) is 0.534. The first kappa shape index (κ1) is 9.69. The fourth-order valence-corrected chi connectivity index (χ4v) is 1.41. The third-order valence-corrected chi connectivity index (χ3v) is 2.29. The number of nitrogens with zero attached hydrogens (tertiary/aromatic N) is 1. The average molecular weight is 203 g/mol. The molecule has 1 aromatic carbocycles. The van der Waals surface area contributed by atoms with Gasteiger partial charge in [-0.3, -0.25) is 0 Å². The largest absolute Gasteiger partial charge is 0.467 e. The van der Waals surface area contributed by atoms with Gasteiger partial charge in [0.1, 0.15) is 6.10 Å². The zero-order valence-corrected chi connectivity index (χ0v) is 8.14. The van der Waals surface area contributed by atoms with Crippen LogP contribution in [0.1, 0.15) is 17.2 Å². The summed E-state index contributed by atoms with van der Waals surface area (Å²) in [6, 6.07) is 8.99. The Morgan fingerprint density at radius 3 is 2.67 bits per heavy atom. The Morgan fingerprint density at radius 1 is 1.47 bits per heavy atom. The Balaban J connectivity index is 2.08. The van der Waals surface area contributed by atoms with Gasteiger partial charge in [0.05, 0.1) is 18.7 Å². The van der Waals surface area contributed by atoms with E-state index in [-0.39, 0.29) is 12.1 Å². The third kappa shape index (κ3) is 1.83.